The Kier molecular flexibility index (Phi) is 4.06. The Bertz CT molecular complexity index is 571. The third kappa shape index (κ3) is 3.72. The first kappa shape index (κ1) is 13.4. The molecule has 0 unspecified atom stereocenters. The van der Waals surface area contributed by atoms with E-state index in [0.29, 0.717) is 30.3 Å². The number of halogens is 1. The summed E-state index contributed by atoms with van der Waals surface area (Å²) in [4.78, 5) is 10.4. The summed E-state index contributed by atoms with van der Waals surface area (Å²) in [6, 6.07) is 6.80. The van der Waals surface area contributed by atoms with Crippen molar-refractivity contribution in [2.45, 2.75) is 20.0 Å². The Labute approximate surface area is 112 Å². The Balaban J connectivity index is 2.01. The lowest BCUT2D eigenvalue weighted by atomic mass is 10.1. The van der Waals surface area contributed by atoms with Crippen molar-refractivity contribution in [1.29, 1.82) is 0 Å². The molecule has 2 N–H and O–H groups in total. The first-order valence-corrected chi connectivity index (χ1v) is 6.05. The van der Waals surface area contributed by atoms with E-state index in [2.05, 4.69) is 14.9 Å². The summed E-state index contributed by atoms with van der Waals surface area (Å²) in [6.07, 6.45) is 1.65. The number of nitrogen functional groups attached to an aromatic ring is 1. The minimum atomic E-state index is -0.175. The van der Waals surface area contributed by atoms with E-state index in [-0.39, 0.29) is 5.82 Å². The van der Waals surface area contributed by atoms with Crippen molar-refractivity contribution in [3.05, 3.63) is 53.2 Å². The first-order chi connectivity index (χ1) is 9.04. The quantitative estimate of drug-likeness (QED) is 0.915. The van der Waals surface area contributed by atoms with E-state index in [1.807, 2.05) is 13.1 Å². The zero-order valence-electron chi connectivity index (χ0n) is 11.1. The van der Waals surface area contributed by atoms with Crippen molar-refractivity contribution in [3.8, 4) is 0 Å². The van der Waals surface area contributed by atoms with E-state index < -0.39 is 0 Å². The molecule has 1 aromatic carbocycles. The van der Waals surface area contributed by atoms with Gasteiger partial charge in [-0.25, -0.2) is 14.4 Å². The van der Waals surface area contributed by atoms with Gasteiger partial charge in [0.2, 0.25) is 0 Å². The third-order valence-electron chi connectivity index (χ3n) is 2.81. The van der Waals surface area contributed by atoms with Gasteiger partial charge in [-0.1, -0.05) is 12.1 Å². The topological polar surface area (TPSA) is 55.0 Å². The predicted molar refractivity (Wildman–Crippen MR) is 72.8 cm³/mol. The van der Waals surface area contributed by atoms with Crippen molar-refractivity contribution in [3.63, 3.8) is 0 Å². The monoisotopic (exact) mass is 260 g/mol. The third-order valence-corrected chi connectivity index (χ3v) is 2.81. The minimum Gasteiger partial charge on any atom is -0.384 e. The SMILES string of the molecule is Cc1cc(CN(C)Cc2nccc(N)n2)ccc1F. The van der Waals surface area contributed by atoms with Gasteiger partial charge in [0, 0.05) is 12.7 Å². The van der Waals surface area contributed by atoms with Crippen molar-refractivity contribution in [1.82, 2.24) is 14.9 Å². The Morgan fingerprint density at radius 1 is 1.26 bits per heavy atom. The molecule has 0 aliphatic rings. The molecule has 2 rings (SSSR count). The van der Waals surface area contributed by atoms with Gasteiger partial charge in [0.05, 0.1) is 6.54 Å². The van der Waals surface area contributed by atoms with Gasteiger partial charge in [0.1, 0.15) is 17.5 Å². The summed E-state index contributed by atoms with van der Waals surface area (Å²) < 4.78 is 13.2. The Hall–Kier alpha value is -2.01. The predicted octanol–water partition coefficient (Wildman–Crippen LogP) is 2.14. The molecule has 100 valence electrons. The first-order valence-electron chi connectivity index (χ1n) is 6.05. The number of benzene rings is 1. The molecule has 0 atom stereocenters. The van der Waals surface area contributed by atoms with E-state index in [0.717, 1.165) is 5.56 Å². The maximum atomic E-state index is 13.2. The molecule has 19 heavy (non-hydrogen) atoms. The lowest BCUT2D eigenvalue weighted by molar-refractivity contribution is 0.310. The highest BCUT2D eigenvalue weighted by molar-refractivity contribution is 5.25. The molecule has 0 saturated heterocycles. The number of anilines is 1. The molecule has 5 heteroatoms. The Morgan fingerprint density at radius 3 is 2.74 bits per heavy atom. The molecule has 0 fully saturated rings. The molecule has 0 amide bonds. The maximum Gasteiger partial charge on any atom is 0.144 e. The summed E-state index contributed by atoms with van der Waals surface area (Å²) in [7, 11) is 1.96. The second kappa shape index (κ2) is 5.75. The lowest BCUT2D eigenvalue weighted by Crippen LogP contribution is -2.19. The summed E-state index contributed by atoms with van der Waals surface area (Å²) in [5.41, 5.74) is 7.33. The van der Waals surface area contributed by atoms with Gasteiger partial charge in [-0.3, -0.25) is 4.90 Å². The van der Waals surface area contributed by atoms with Crippen LogP contribution in [0.3, 0.4) is 0 Å². The number of aromatic nitrogens is 2. The smallest absolute Gasteiger partial charge is 0.144 e. The summed E-state index contributed by atoms with van der Waals surface area (Å²) >= 11 is 0. The van der Waals surface area contributed by atoms with E-state index >= 15 is 0 Å². The fraction of sp³-hybridized carbons (Fsp3) is 0.286. The fourth-order valence-electron chi connectivity index (χ4n) is 1.91. The van der Waals surface area contributed by atoms with Crippen LogP contribution >= 0.6 is 0 Å². The molecule has 2 aromatic rings. The standard InChI is InChI=1S/C14H17FN4/c1-10-7-11(3-4-12(10)15)8-19(2)9-14-17-6-5-13(16)18-14/h3-7H,8-9H2,1-2H3,(H2,16,17,18). The van der Waals surface area contributed by atoms with Gasteiger partial charge in [0.15, 0.2) is 0 Å². The lowest BCUT2D eigenvalue weighted by Gasteiger charge is -2.16. The number of hydrogen-bond acceptors (Lipinski definition) is 4. The normalized spacial score (nSPS) is 10.9. The highest BCUT2D eigenvalue weighted by Crippen LogP contribution is 2.11. The van der Waals surface area contributed by atoms with Crippen molar-refractivity contribution >= 4 is 5.82 Å². The molecule has 0 bridgehead atoms. The molecule has 4 nitrogen and oxygen atoms in total. The average molecular weight is 260 g/mol. The van der Waals surface area contributed by atoms with Crippen LogP contribution in [0.25, 0.3) is 0 Å². The molecule has 0 aliphatic carbocycles. The second-order valence-corrected chi connectivity index (χ2v) is 4.65. The fourth-order valence-corrected chi connectivity index (χ4v) is 1.91. The van der Waals surface area contributed by atoms with Gasteiger partial charge in [-0.2, -0.15) is 0 Å². The number of nitrogens with two attached hydrogens (primary N) is 1. The van der Waals surface area contributed by atoms with Crippen LogP contribution in [-0.2, 0) is 13.1 Å². The zero-order valence-corrected chi connectivity index (χ0v) is 11.1. The molecule has 0 saturated carbocycles. The maximum absolute atomic E-state index is 13.2. The number of aryl methyl sites for hydroxylation is 1. The summed E-state index contributed by atoms with van der Waals surface area (Å²) in [6.45, 7) is 3.07. The Morgan fingerprint density at radius 2 is 2.05 bits per heavy atom. The van der Waals surface area contributed by atoms with Crippen LogP contribution in [0.1, 0.15) is 17.0 Å². The van der Waals surface area contributed by atoms with Crippen molar-refractivity contribution in [2.24, 2.45) is 0 Å². The molecule has 1 aromatic heterocycles. The minimum absolute atomic E-state index is 0.175. The highest BCUT2D eigenvalue weighted by atomic mass is 19.1. The molecule has 0 radical (unpaired) electrons. The van der Waals surface area contributed by atoms with Crippen molar-refractivity contribution < 1.29 is 4.39 Å². The summed E-state index contributed by atoms with van der Waals surface area (Å²) in [5.74, 6) is 0.975. The van der Waals surface area contributed by atoms with Crippen LogP contribution in [0.5, 0.6) is 0 Å². The molecule has 0 spiro atoms. The van der Waals surface area contributed by atoms with E-state index in [9.17, 15) is 4.39 Å². The largest absolute Gasteiger partial charge is 0.384 e. The number of nitrogens with zero attached hydrogens (tertiary/aromatic N) is 3. The van der Waals surface area contributed by atoms with Gasteiger partial charge in [-0.05, 0) is 37.2 Å². The van der Waals surface area contributed by atoms with Crippen molar-refractivity contribution in [2.75, 3.05) is 12.8 Å². The van der Waals surface area contributed by atoms with Crippen LogP contribution in [0.15, 0.2) is 30.5 Å². The van der Waals surface area contributed by atoms with Gasteiger partial charge >= 0.3 is 0 Å². The van der Waals surface area contributed by atoms with Gasteiger partial charge in [0.25, 0.3) is 0 Å². The van der Waals surface area contributed by atoms with E-state index in [4.69, 9.17) is 5.73 Å². The van der Waals surface area contributed by atoms with Crippen LogP contribution < -0.4 is 5.73 Å². The zero-order chi connectivity index (χ0) is 13.8. The van der Waals surface area contributed by atoms with Crippen LogP contribution in [-0.4, -0.2) is 21.9 Å². The molecular weight excluding hydrogens is 243 g/mol. The molecule has 1 heterocycles. The van der Waals surface area contributed by atoms with Crippen LogP contribution in [0.4, 0.5) is 10.2 Å². The number of rotatable bonds is 4. The van der Waals surface area contributed by atoms with Gasteiger partial charge in [-0.15, -0.1) is 0 Å². The van der Waals surface area contributed by atoms with Crippen LogP contribution in [0, 0.1) is 12.7 Å². The van der Waals surface area contributed by atoms with Gasteiger partial charge < -0.3 is 5.73 Å². The molecule has 0 aliphatic heterocycles. The average Bonchev–Trinajstić information content (AvgIpc) is 2.34. The second-order valence-electron chi connectivity index (χ2n) is 4.65. The van der Waals surface area contributed by atoms with E-state index in [1.165, 1.54) is 6.07 Å². The van der Waals surface area contributed by atoms with E-state index in [1.54, 1.807) is 25.3 Å². The number of hydrogen-bond donors (Lipinski definition) is 1. The molecular formula is C14H17FN4. The highest BCUT2D eigenvalue weighted by Gasteiger charge is 2.06. The summed E-state index contributed by atoms with van der Waals surface area (Å²) in [5, 5.41) is 0. The van der Waals surface area contributed by atoms with Crippen LogP contribution in [0.2, 0.25) is 0 Å².